The molecule has 0 saturated heterocycles. The van der Waals surface area contributed by atoms with Crippen molar-refractivity contribution in [3.63, 3.8) is 0 Å². The summed E-state index contributed by atoms with van der Waals surface area (Å²) >= 11 is 0. The summed E-state index contributed by atoms with van der Waals surface area (Å²) in [5.41, 5.74) is 1.20. The van der Waals surface area contributed by atoms with Crippen molar-refractivity contribution < 1.29 is 0 Å². The normalized spacial score (nSPS) is 21.6. The topological polar surface area (TPSA) is 27.8 Å². The molecule has 11 heavy (non-hydrogen) atoms. The minimum Gasteiger partial charge on any atom is -0.379 e. The van der Waals surface area contributed by atoms with Gasteiger partial charge in [0.2, 0.25) is 0 Å². The second kappa shape index (κ2) is 2.66. The number of H-pyrrole nitrogens is 1. The van der Waals surface area contributed by atoms with Crippen molar-refractivity contribution in [3.05, 3.63) is 48.5 Å². The van der Waals surface area contributed by atoms with Crippen LogP contribution in [0.2, 0.25) is 0 Å². The van der Waals surface area contributed by atoms with Gasteiger partial charge in [-0.25, -0.2) is 0 Å². The lowest BCUT2D eigenvalue weighted by molar-refractivity contribution is 0.726. The van der Waals surface area contributed by atoms with Gasteiger partial charge in [0, 0.05) is 11.9 Å². The lowest BCUT2D eigenvalue weighted by Gasteiger charge is -2.13. The maximum absolute atomic E-state index is 3.22. The van der Waals surface area contributed by atoms with Crippen LogP contribution in [0.15, 0.2) is 42.8 Å². The van der Waals surface area contributed by atoms with Crippen molar-refractivity contribution >= 4 is 0 Å². The van der Waals surface area contributed by atoms with Gasteiger partial charge in [0.15, 0.2) is 0 Å². The molecule has 2 N–H and O–H groups in total. The van der Waals surface area contributed by atoms with Gasteiger partial charge < -0.3 is 10.3 Å². The van der Waals surface area contributed by atoms with Crippen LogP contribution in [0.3, 0.4) is 0 Å². The third-order valence-corrected chi connectivity index (χ3v) is 1.74. The van der Waals surface area contributed by atoms with Gasteiger partial charge in [-0.2, -0.15) is 0 Å². The summed E-state index contributed by atoms with van der Waals surface area (Å²) in [6, 6.07) is 4.39. The molecule has 2 heterocycles. The van der Waals surface area contributed by atoms with E-state index in [2.05, 4.69) is 22.4 Å². The maximum atomic E-state index is 3.22. The second-order valence-corrected chi connectivity index (χ2v) is 2.51. The summed E-state index contributed by atoms with van der Waals surface area (Å²) in [6.45, 7) is 0. The molecule has 2 rings (SSSR count). The van der Waals surface area contributed by atoms with Crippen LogP contribution in [0, 0.1) is 0 Å². The van der Waals surface area contributed by atoms with Gasteiger partial charge in [-0.05, 0) is 24.4 Å². The number of hydrogen-bond donors (Lipinski definition) is 2. The van der Waals surface area contributed by atoms with Gasteiger partial charge in [0.05, 0.1) is 6.04 Å². The SMILES string of the molecule is C1=CNC(c2ccc[nH]2)C=C1. The first-order valence-corrected chi connectivity index (χ1v) is 3.69. The van der Waals surface area contributed by atoms with E-state index in [4.69, 9.17) is 0 Å². The van der Waals surface area contributed by atoms with E-state index in [0.29, 0.717) is 6.04 Å². The standard InChI is InChI=1S/C9H10N2/c1-2-6-10-8(4-1)9-5-3-7-11-9/h1-8,10-11H. The molecule has 0 bridgehead atoms. The third-order valence-electron chi connectivity index (χ3n) is 1.74. The van der Waals surface area contributed by atoms with E-state index in [-0.39, 0.29) is 0 Å². The Morgan fingerprint density at radius 3 is 2.91 bits per heavy atom. The fourth-order valence-corrected chi connectivity index (χ4v) is 1.18. The summed E-state index contributed by atoms with van der Waals surface area (Å²) in [4.78, 5) is 3.16. The van der Waals surface area contributed by atoms with Gasteiger partial charge in [-0.3, -0.25) is 0 Å². The molecule has 2 nitrogen and oxygen atoms in total. The Hall–Kier alpha value is -1.44. The number of hydrogen-bond acceptors (Lipinski definition) is 1. The van der Waals surface area contributed by atoms with Crippen LogP contribution in [-0.4, -0.2) is 4.98 Å². The third kappa shape index (κ3) is 1.19. The monoisotopic (exact) mass is 146 g/mol. The average Bonchev–Trinajstić information content (AvgIpc) is 2.58. The number of rotatable bonds is 1. The highest BCUT2D eigenvalue weighted by Gasteiger charge is 2.06. The summed E-state index contributed by atoms with van der Waals surface area (Å²) in [5, 5.41) is 3.22. The molecular formula is C9H10N2. The zero-order valence-corrected chi connectivity index (χ0v) is 6.12. The molecule has 2 heteroatoms. The molecule has 0 aromatic carbocycles. The summed E-state index contributed by atoms with van der Waals surface area (Å²) < 4.78 is 0. The van der Waals surface area contributed by atoms with E-state index < -0.39 is 0 Å². The van der Waals surface area contributed by atoms with Crippen LogP contribution in [-0.2, 0) is 0 Å². The van der Waals surface area contributed by atoms with E-state index in [1.54, 1.807) is 0 Å². The lowest BCUT2D eigenvalue weighted by Crippen LogP contribution is -2.14. The first-order valence-electron chi connectivity index (χ1n) is 3.69. The van der Waals surface area contributed by atoms with Crippen molar-refractivity contribution in [2.75, 3.05) is 0 Å². The predicted octanol–water partition coefficient (Wildman–Crippen LogP) is 1.73. The van der Waals surface area contributed by atoms with Gasteiger partial charge in [0.25, 0.3) is 0 Å². The lowest BCUT2D eigenvalue weighted by atomic mass is 10.1. The zero-order chi connectivity index (χ0) is 7.52. The Bertz CT molecular complexity index is 270. The molecule has 1 aliphatic heterocycles. The molecule has 0 spiro atoms. The van der Waals surface area contributed by atoms with Gasteiger partial charge >= 0.3 is 0 Å². The van der Waals surface area contributed by atoms with Crippen molar-refractivity contribution in [1.82, 2.24) is 10.3 Å². The molecule has 0 aliphatic carbocycles. The van der Waals surface area contributed by atoms with Crippen LogP contribution in [0.25, 0.3) is 0 Å². The zero-order valence-electron chi connectivity index (χ0n) is 6.12. The molecule has 0 saturated carbocycles. The van der Waals surface area contributed by atoms with Crippen LogP contribution in [0.4, 0.5) is 0 Å². The molecule has 0 fully saturated rings. The van der Waals surface area contributed by atoms with Crippen LogP contribution < -0.4 is 5.32 Å². The smallest absolute Gasteiger partial charge is 0.0846 e. The number of aromatic amines is 1. The van der Waals surface area contributed by atoms with E-state index in [9.17, 15) is 0 Å². The molecule has 0 amide bonds. The van der Waals surface area contributed by atoms with E-state index in [0.717, 1.165) is 0 Å². The highest BCUT2D eigenvalue weighted by atomic mass is 14.9. The second-order valence-electron chi connectivity index (χ2n) is 2.51. The fraction of sp³-hybridized carbons (Fsp3) is 0.111. The Balaban J connectivity index is 2.19. The van der Waals surface area contributed by atoms with Gasteiger partial charge in [-0.15, -0.1) is 0 Å². The van der Waals surface area contributed by atoms with Crippen molar-refractivity contribution in [1.29, 1.82) is 0 Å². The number of dihydropyridines is 1. The van der Waals surface area contributed by atoms with E-state index in [1.165, 1.54) is 5.69 Å². The van der Waals surface area contributed by atoms with Crippen LogP contribution in [0.1, 0.15) is 11.7 Å². The Morgan fingerprint density at radius 1 is 1.27 bits per heavy atom. The number of nitrogens with one attached hydrogen (secondary N) is 2. The summed E-state index contributed by atoms with van der Waals surface area (Å²) in [6.07, 6.45) is 10.0. The summed E-state index contributed by atoms with van der Waals surface area (Å²) in [5.74, 6) is 0. The first-order chi connectivity index (χ1) is 5.47. The largest absolute Gasteiger partial charge is 0.379 e. The molecule has 0 radical (unpaired) electrons. The van der Waals surface area contributed by atoms with Crippen molar-refractivity contribution in [3.8, 4) is 0 Å². The van der Waals surface area contributed by atoms with Crippen molar-refractivity contribution in [2.45, 2.75) is 6.04 Å². The Morgan fingerprint density at radius 2 is 2.27 bits per heavy atom. The molecule has 1 unspecified atom stereocenters. The van der Waals surface area contributed by atoms with Gasteiger partial charge in [0.1, 0.15) is 0 Å². The minimum absolute atomic E-state index is 0.315. The molecular weight excluding hydrogens is 136 g/mol. The highest BCUT2D eigenvalue weighted by Crippen LogP contribution is 2.13. The number of allylic oxidation sites excluding steroid dienone is 2. The molecule has 1 aromatic heterocycles. The van der Waals surface area contributed by atoms with E-state index in [1.807, 2.05) is 30.6 Å². The van der Waals surface area contributed by atoms with Gasteiger partial charge in [-0.1, -0.05) is 12.2 Å². The molecule has 1 aromatic rings. The first kappa shape index (κ1) is 6.28. The van der Waals surface area contributed by atoms with Crippen molar-refractivity contribution in [2.24, 2.45) is 0 Å². The minimum atomic E-state index is 0.315. The Labute approximate surface area is 65.6 Å². The number of aromatic nitrogens is 1. The molecule has 1 atom stereocenters. The quantitative estimate of drug-likeness (QED) is 0.620. The van der Waals surface area contributed by atoms with Crippen LogP contribution >= 0.6 is 0 Å². The average molecular weight is 146 g/mol. The molecule has 56 valence electrons. The van der Waals surface area contributed by atoms with E-state index >= 15 is 0 Å². The summed E-state index contributed by atoms with van der Waals surface area (Å²) in [7, 11) is 0. The maximum Gasteiger partial charge on any atom is 0.0846 e. The Kier molecular flexibility index (Phi) is 1.52. The predicted molar refractivity (Wildman–Crippen MR) is 44.9 cm³/mol. The highest BCUT2D eigenvalue weighted by molar-refractivity contribution is 5.21. The molecule has 1 aliphatic rings. The fourth-order valence-electron chi connectivity index (χ4n) is 1.18. The van der Waals surface area contributed by atoms with Crippen LogP contribution in [0.5, 0.6) is 0 Å².